The molecule has 0 aliphatic rings. The van der Waals surface area contributed by atoms with E-state index in [4.69, 9.17) is 0 Å². The monoisotopic (exact) mass is 258 g/mol. The zero-order valence-electron chi connectivity index (χ0n) is 9.63. The van der Waals surface area contributed by atoms with Gasteiger partial charge in [-0.2, -0.15) is 13.2 Å². The number of rotatable bonds is 6. The summed E-state index contributed by atoms with van der Waals surface area (Å²) in [6.45, 7) is 3.83. The van der Waals surface area contributed by atoms with Crippen molar-refractivity contribution in [2.45, 2.75) is 38.1 Å². The van der Waals surface area contributed by atoms with Crippen LogP contribution in [0.4, 0.5) is 13.2 Å². The van der Waals surface area contributed by atoms with Crippen molar-refractivity contribution in [1.29, 1.82) is 0 Å². The first-order valence-electron chi connectivity index (χ1n) is 5.02. The number of hydrogen-bond acceptors (Lipinski definition) is 3. The van der Waals surface area contributed by atoms with Crippen LogP contribution in [0.5, 0.6) is 0 Å². The van der Waals surface area contributed by atoms with Gasteiger partial charge < -0.3 is 4.74 Å². The average Bonchev–Trinajstić information content (AvgIpc) is 2.12. The lowest BCUT2D eigenvalue weighted by molar-refractivity contribution is -0.140. The summed E-state index contributed by atoms with van der Waals surface area (Å²) in [6, 6.07) is 0. The van der Waals surface area contributed by atoms with Gasteiger partial charge in [0.05, 0.1) is 13.5 Å². The molecule has 96 valence electrons. The molecule has 0 spiro atoms. The zero-order chi connectivity index (χ0) is 12.8. The van der Waals surface area contributed by atoms with Gasteiger partial charge in [0, 0.05) is 5.75 Å². The van der Waals surface area contributed by atoms with Crippen LogP contribution in [-0.2, 0) is 9.53 Å². The summed E-state index contributed by atoms with van der Waals surface area (Å²) < 4.78 is 40.3. The third-order valence-corrected chi connectivity index (χ3v) is 3.08. The molecule has 0 heterocycles. The van der Waals surface area contributed by atoms with Crippen molar-refractivity contribution in [2.24, 2.45) is 5.92 Å². The van der Waals surface area contributed by atoms with Crippen molar-refractivity contribution in [3.8, 4) is 0 Å². The molecule has 0 rings (SSSR count). The molecule has 0 fully saturated rings. The van der Waals surface area contributed by atoms with E-state index in [9.17, 15) is 18.0 Å². The summed E-state index contributed by atoms with van der Waals surface area (Å²) in [5.74, 6) is -0.293. The summed E-state index contributed by atoms with van der Waals surface area (Å²) in [6.07, 6.45) is -4.50. The van der Waals surface area contributed by atoms with Crippen LogP contribution < -0.4 is 0 Å². The fourth-order valence-corrected chi connectivity index (χ4v) is 2.50. The first-order chi connectivity index (χ1) is 7.26. The quantitative estimate of drug-likeness (QED) is 0.684. The van der Waals surface area contributed by atoms with Gasteiger partial charge in [0.2, 0.25) is 0 Å². The molecule has 16 heavy (non-hydrogen) atoms. The van der Waals surface area contributed by atoms with E-state index >= 15 is 0 Å². The highest BCUT2D eigenvalue weighted by atomic mass is 32.2. The number of esters is 1. The fourth-order valence-electron chi connectivity index (χ4n) is 1.11. The predicted octanol–water partition coefficient (Wildman–Crippen LogP) is 3.26. The Balaban J connectivity index is 4.07. The first-order valence-corrected chi connectivity index (χ1v) is 6.07. The minimum atomic E-state index is -4.16. The van der Waals surface area contributed by atoms with E-state index in [2.05, 4.69) is 4.74 Å². The topological polar surface area (TPSA) is 26.3 Å². The van der Waals surface area contributed by atoms with Crippen LogP contribution in [0.1, 0.15) is 26.7 Å². The van der Waals surface area contributed by atoms with Crippen LogP contribution >= 0.6 is 11.8 Å². The lowest BCUT2D eigenvalue weighted by Gasteiger charge is -2.16. The minimum absolute atomic E-state index is 0.101. The number of carbonyl (C=O) groups is 1. The molecular formula is C10H17F3O2S. The summed E-state index contributed by atoms with van der Waals surface area (Å²) in [7, 11) is 1.25. The van der Waals surface area contributed by atoms with Gasteiger partial charge in [-0.05, 0) is 12.3 Å². The number of ether oxygens (including phenoxy) is 1. The average molecular weight is 258 g/mol. The molecule has 0 amide bonds. The fraction of sp³-hybridized carbons (Fsp3) is 0.900. The molecule has 0 bridgehead atoms. The predicted molar refractivity (Wildman–Crippen MR) is 58.4 cm³/mol. The van der Waals surface area contributed by atoms with Gasteiger partial charge in [0.1, 0.15) is 5.25 Å². The second-order valence-electron chi connectivity index (χ2n) is 3.88. The lowest BCUT2D eigenvalue weighted by atomic mass is 10.1. The second-order valence-corrected chi connectivity index (χ2v) is 5.19. The molecule has 0 N–H and O–H groups in total. The van der Waals surface area contributed by atoms with Crippen molar-refractivity contribution in [2.75, 3.05) is 12.9 Å². The lowest BCUT2D eigenvalue weighted by Crippen LogP contribution is -2.22. The highest BCUT2D eigenvalue weighted by Crippen LogP contribution is 2.26. The van der Waals surface area contributed by atoms with Gasteiger partial charge in [-0.3, -0.25) is 4.79 Å². The normalized spacial score (nSPS) is 13.9. The third kappa shape index (κ3) is 7.84. The molecule has 0 aliphatic carbocycles. The highest BCUT2D eigenvalue weighted by Gasteiger charge is 2.28. The Hall–Kier alpha value is -0.390. The SMILES string of the molecule is COC(=O)C(CC(C)C)SCCC(F)(F)F. The van der Waals surface area contributed by atoms with Crippen molar-refractivity contribution in [3.63, 3.8) is 0 Å². The number of hydrogen-bond donors (Lipinski definition) is 0. The number of methoxy groups -OCH3 is 1. The standard InChI is InChI=1S/C10H17F3O2S/c1-7(2)6-8(9(14)15-3)16-5-4-10(11,12)13/h7-8H,4-6H2,1-3H3. The van der Waals surface area contributed by atoms with E-state index in [-0.39, 0.29) is 11.7 Å². The van der Waals surface area contributed by atoms with E-state index < -0.39 is 23.8 Å². The van der Waals surface area contributed by atoms with E-state index in [1.807, 2.05) is 13.8 Å². The number of halogens is 3. The van der Waals surface area contributed by atoms with Gasteiger partial charge in [-0.1, -0.05) is 13.8 Å². The molecule has 0 aromatic carbocycles. The van der Waals surface area contributed by atoms with Gasteiger partial charge >= 0.3 is 12.1 Å². The molecule has 0 saturated carbocycles. The van der Waals surface area contributed by atoms with Gasteiger partial charge in [0.15, 0.2) is 0 Å². The zero-order valence-corrected chi connectivity index (χ0v) is 10.5. The first kappa shape index (κ1) is 15.6. The van der Waals surface area contributed by atoms with Gasteiger partial charge in [-0.25, -0.2) is 0 Å². The van der Waals surface area contributed by atoms with Crippen LogP contribution in [-0.4, -0.2) is 30.3 Å². The maximum absolute atomic E-state index is 11.9. The Morgan fingerprint density at radius 2 is 1.94 bits per heavy atom. The van der Waals surface area contributed by atoms with E-state index in [1.54, 1.807) is 0 Å². The van der Waals surface area contributed by atoms with Crippen LogP contribution in [0, 0.1) is 5.92 Å². The minimum Gasteiger partial charge on any atom is -0.468 e. The number of thioether (sulfide) groups is 1. The van der Waals surface area contributed by atoms with Crippen molar-refractivity contribution in [3.05, 3.63) is 0 Å². The van der Waals surface area contributed by atoms with Crippen molar-refractivity contribution in [1.82, 2.24) is 0 Å². The third-order valence-electron chi connectivity index (χ3n) is 1.85. The van der Waals surface area contributed by atoms with E-state index in [1.165, 1.54) is 7.11 Å². The van der Waals surface area contributed by atoms with Crippen LogP contribution in [0.2, 0.25) is 0 Å². The molecule has 0 radical (unpaired) electrons. The van der Waals surface area contributed by atoms with E-state index in [0.717, 1.165) is 11.8 Å². The molecule has 0 aromatic heterocycles. The molecule has 1 unspecified atom stereocenters. The molecule has 0 aromatic rings. The summed E-state index contributed by atoms with van der Waals surface area (Å²) in [5.41, 5.74) is 0. The maximum atomic E-state index is 11.9. The Kier molecular flexibility index (Phi) is 6.87. The van der Waals surface area contributed by atoms with Crippen molar-refractivity contribution < 1.29 is 22.7 Å². The summed E-state index contributed by atoms with van der Waals surface area (Å²) in [4.78, 5) is 11.3. The number of alkyl halides is 3. The summed E-state index contributed by atoms with van der Waals surface area (Å²) in [5, 5.41) is -0.493. The van der Waals surface area contributed by atoms with Gasteiger partial charge in [-0.15, -0.1) is 11.8 Å². The maximum Gasteiger partial charge on any atom is 0.389 e. The van der Waals surface area contributed by atoms with Gasteiger partial charge in [0.25, 0.3) is 0 Å². The Bertz CT molecular complexity index is 217. The van der Waals surface area contributed by atoms with Crippen LogP contribution in [0.3, 0.4) is 0 Å². The second kappa shape index (κ2) is 7.04. The Morgan fingerprint density at radius 1 is 1.38 bits per heavy atom. The Labute approximate surface area is 97.9 Å². The molecule has 6 heteroatoms. The molecule has 0 aliphatic heterocycles. The molecular weight excluding hydrogens is 241 g/mol. The molecule has 0 saturated heterocycles. The number of carbonyl (C=O) groups excluding carboxylic acids is 1. The smallest absolute Gasteiger partial charge is 0.389 e. The highest BCUT2D eigenvalue weighted by molar-refractivity contribution is 8.00. The van der Waals surface area contributed by atoms with Crippen LogP contribution in [0.25, 0.3) is 0 Å². The van der Waals surface area contributed by atoms with Crippen LogP contribution in [0.15, 0.2) is 0 Å². The molecule has 1 atom stereocenters. The van der Waals surface area contributed by atoms with E-state index in [0.29, 0.717) is 6.42 Å². The Morgan fingerprint density at radius 3 is 2.31 bits per heavy atom. The molecule has 2 nitrogen and oxygen atoms in total. The summed E-state index contributed by atoms with van der Waals surface area (Å²) >= 11 is 1.01. The van der Waals surface area contributed by atoms with Crippen molar-refractivity contribution >= 4 is 17.7 Å². The largest absolute Gasteiger partial charge is 0.468 e.